The molecule has 1 aromatic heterocycles. The first-order valence-corrected chi connectivity index (χ1v) is 8.28. The van der Waals surface area contributed by atoms with Gasteiger partial charge in [-0.05, 0) is 43.8 Å². The molecule has 1 amide bonds. The highest BCUT2D eigenvalue weighted by atomic mass is 32.1. The molecule has 0 atom stereocenters. The van der Waals surface area contributed by atoms with Crippen LogP contribution in [0.15, 0.2) is 23.1 Å². The molecule has 3 rings (SSSR count). The van der Waals surface area contributed by atoms with Crippen LogP contribution in [0.1, 0.15) is 30.0 Å². The van der Waals surface area contributed by atoms with Gasteiger partial charge in [-0.15, -0.1) is 11.3 Å². The molecule has 0 saturated carbocycles. The second-order valence-corrected chi connectivity index (χ2v) is 6.77. The SMILES string of the molecule is Cc1nc(C2=CCC(C(=O)N3CCC(CO)CC3)=C2)cs1. The largest absolute Gasteiger partial charge is 0.396 e. The van der Waals surface area contributed by atoms with Gasteiger partial charge in [-0.3, -0.25) is 4.79 Å². The Hall–Kier alpha value is -1.46. The van der Waals surface area contributed by atoms with Gasteiger partial charge in [0.2, 0.25) is 5.91 Å². The first kappa shape index (κ1) is 14.5. The van der Waals surface area contributed by atoms with Gasteiger partial charge in [0.15, 0.2) is 0 Å². The van der Waals surface area contributed by atoms with E-state index < -0.39 is 0 Å². The summed E-state index contributed by atoms with van der Waals surface area (Å²) in [4.78, 5) is 18.9. The quantitative estimate of drug-likeness (QED) is 0.933. The van der Waals surface area contributed by atoms with Crippen LogP contribution in [-0.4, -0.2) is 40.6 Å². The number of rotatable bonds is 3. The van der Waals surface area contributed by atoms with Gasteiger partial charge in [-0.1, -0.05) is 6.08 Å². The molecule has 1 saturated heterocycles. The molecule has 1 aliphatic carbocycles. The number of nitrogens with zero attached hydrogens (tertiary/aromatic N) is 2. The molecule has 4 nitrogen and oxygen atoms in total. The molecule has 1 aliphatic heterocycles. The van der Waals surface area contributed by atoms with Crippen LogP contribution in [0.25, 0.3) is 5.57 Å². The number of carbonyl (C=O) groups excluding carboxylic acids is 1. The summed E-state index contributed by atoms with van der Waals surface area (Å²) >= 11 is 1.63. The minimum atomic E-state index is 0.143. The fourth-order valence-corrected chi connectivity index (χ4v) is 3.49. The molecule has 0 radical (unpaired) electrons. The number of hydrogen-bond acceptors (Lipinski definition) is 4. The Labute approximate surface area is 128 Å². The van der Waals surface area contributed by atoms with E-state index in [0.29, 0.717) is 12.3 Å². The van der Waals surface area contributed by atoms with Crippen LogP contribution in [0.2, 0.25) is 0 Å². The van der Waals surface area contributed by atoms with Crippen LogP contribution in [0.5, 0.6) is 0 Å². The van der Waals surface area contributed by atoms with E-state index >= 15 is 0 Å². The topological polar surface area (TPSA) is 53.4 Å². The summed E-state index contributed by atoms with van der Waals surface area (Å²) in [6.07, 6.45) is 6.57. The maximum absolute atomic E-state index is 12.5. The van der Waals surface area contributed by atoms with Crippen LogP contribution in [0.4, 0.5) is 0 Å². The van der Waals surface area contributed by atoms with E-state index in [4.69, 9.17) is 5.11 Å². The summed E-state index contributed by atoms with van der Waals surface area (Å²) in [5.74, 6) is 0.503. The average molecular weight is 304 g/mol. The van der Waals surface area contributed by atoms with Gasteiger partial charge in [0, 0.05) is 30.6 Å². The van der Waals surface area contributed by atoms with Crippen molar-refractivity contribution in [1.82, 2.24) is 9.88 Å². The van der Waals surface area contributed by atoms with E-state index in [9.17, 15) is 4.79 Å². The van der Waals surface area contributed by atoms with Crippen molar-refractivity contribution in [2.24, 2.45) is 5.92 Å². The highest BCUT2D eigenvalue weighted by Gasteiger charge is 2.25. The van der Waals surface area contributed by atoms with Crippen molar-refractivity contribution in [3.05, 3.63) is 33.8 Å². The molecule has 1 aromatic rings. The van der Waals surface area contributed by atoms with Gasteiger partial charge in [0.25, 0.3) is 0 Å². The molecule has 0 bridgehead atoms. The van der Waals surface area contributed by atoms with Crippen molar-refractivity contribution in [2.45, 2.75) is 26.2 Å². The van der Waals surface area contributed by atoms with E-state index in [1.54, 1.807) is 11.3 Å². The zero-order chi connectivity index (χ0) is 14.8. The van der Waals surface area contributed by atoms with Gasteiger partial charge in [0.05, 0.1) is 10.7 Å². The fraction of sp³-hybridized carbons (Fsp3) is 0.500. The number of hydrogen-bond donors (Lipinski definition) is 1. The van der Waals surface area contributed by atoms with E-state index in [1.807, 2.05) is 23.3 Å². The summed E-state index contributed by atoms with van der Waals surface area (Å²) < 4.78 is 0. The maximum atomic E-state index is 12.5. The zero-order valence-electron chi connectivity index (χ0n) is 12.2. The Bertz CT molecular complexity index is 595. The van der Waals surface area contributed by atoms with Crippen molar-refractivity contribution in [3.63, 3.8) is 0 Å². The standard InChI is InChI=1S/C16H20N2O2S/c1-11-17-15(10-21-11)13-2-3-14(8-13)16(20)18-6-4-12(9-19)5-7-18/h2,8,10,12,19H,3-7,9H2,1H3. The van der Waals surface area contributed by atoms with E-state index in [0.717, 1.165) is 47.8 Å². The first-order chi connectivity index (χ1) is 10.2. The monoisotopic (exact) mass is 304 g/mol. The molecule has 0 aromatic carbocycles. The smallest absolute Gasteiger partial charge is 0.250 e. The molecular weight excluding hydrogens is 284 g/mol. The lowest BCUT2D eigenvalue weighted by Gasteiger charge is -2.31. The van der Waals surface area contributed by atoms with Crippen LogP contribution in [-0.2, 0) is 4.79 Å². The number of carbonyl (C=O) groups is 1. The third kappa shape index (κ3) is 3.09. The molecule has 0 unspecified atom stereocenters. The second kappa shape index (κ2) is 6.12. The number of aliphatic hydroxyl groups is 1. The third-order valence-electron chi connectivity index (χ3n) is 4.22. The Balaban J connectivity index is 1.65. The van der Waals surface area contributed by atoms with Crippen LogP contribution in [0, 0.1) is 12.8 Å². The van der Waals surface area contributed by atoms with Crippen LogP contribution >= 0.6 is 11.3 Å². The predicted octanol–water partition coefficient (Wildman–Crippen LogP) is 2.40. The minimum Gasteiger partial charge on any atom is -0.396 e. The fourth-order valence-electron chi connectivity index (χ4n) is 2.87. The van der Waals surface area contributed by atoms with Crippen molar-refractivity contribution in [1.29, 1.82) is 0 Å². The van der Waals surface area contributed by atoms with Crippen molar-refractivity contribution in [2.75, 3.05) is 19.7 Å². The summed E-state index contributed by atoms with van der Waals surface area (Å²) in [6.45, 7) is 3.74. The van der Waals surface area contributed by atoms with Gasteiger partial charge >= 0.3 is 0 Å². The Morgan fingerprint density at radius 2 is 2.24 bits per heavy atom. The average Bonchev–Trinajstić information content (AvgIpc) is 3.15. The lowest BCUT2D eigenvalue weighted by Crippen LogP contribution is -2.39. The van der Waals surface area contributed by atoms with Gasteiger partial charge in [-0.2, -0.15) is 0 Å². The second-order valence-electron chi connectivity index (χ2n) is 5.70. The van der Waals surface area contributed by atoms with Crippen LogP contribution < -0.4 is 0 Å². The highest BCUT2D eigenvalue weighted by molar-refractivity contribution is 7.09. The molecular formula is C16H20N2O2S. The van der Waals surface area contributed by atoms with Gasteiger partial charge in [-0.25, -0.2) is 4.98 Å². The van der Waals surface area contributed by atoms with E-state index in [-0.39, 0.29) is 12.5 Å². The molecule has 5 heteroatoms. The normalized spacial score (nSPS) is 19.6. The molecule has 1 fully saturated rings. The van der Waals surface area contributed by atoms with Crippen LogP contribution in [0.3, 0.4) is 0 Å². The first-order valence-electron chi connectivity index (χ1n) is 7.40. The molecule has 112 valence electrons. The molecule has 0 spiro atoms. The summed E-state index contributed by atoms with van der Waals surface area (Å²) in [7, 11) is 0. The van der Waals surface area contributed by atoms with Crippen molar-refractivity contribution < 1.29 is 9.90 Å². The Morgan fingerprint density at radius 1 is 1.48 bits per heavy atom. The lowest BCUT2D eigenvalue weighted by atomic mass is 9.97. The number of likely N-dealkylation sites (tertiary alicyclic amines) is 1. The predicted molar refractivity (Wildman–Crippen MR) is 83.9 cm³/mol. The van der Waals surface area contributed by atoms with Gasteiger partial charge in [0.1, 0.15) is 0 Å². The summed E-state index contributed by atoms with van der Waals surface area (Å²) in [5, 5.41) is 12.2. The molecule has 1 N–H and O–H groups in total. The molecule has 2 heterocycles. The third-order valence-corrected chi connectivity index (χ3v) is 4.99. The van der Waals surface area contributed by atoms with E-state index in [2.05, 4.69) is 11.1 Å². The summed E-state index contributed by atoms with van der Waals surface area (Å²) in [6, 6.07) is 0. The van der Waals surface area contributed by atoms with Crippen molar-refractivity contribution in [3.8, 4) is 0 Å². The number of aliphatic hydroxyl groups excluding tert-OH is 1. The number of aryl methyl sites for hydroxylation is 1. The summed E-state index contributed by atoms with van der Waals surface area (Å²) in [5.41, 5.74) is 2.89. The number of piperidine rings is 1. The minimum absolute atomic E-state index is 0.143. The van der Waals surface area contributed by atoms with E-state index in [1.165, 1.54) is 0 Å². The van der Waals surface area contributed by atoms with Crippen molar-refractivity contribution >= 4 is 22.8 Å². The Kier molecular flexibility index (Phi) is 4.22. The maximum Gasteiger partial charge on any atom is 0.250 e. The molecule has 21 heavy (non-hydrogen) atoms. The molecule has 2 aliphatic rings. The number of allylic oxidation sites excluding steroid dienone is 3. The number of aromatic nitrogens is 1. The zero-order valence-corrected chi connectivity index (χ0v) is 13.0. The number of thiazole rings is 1. The lowest BCUT2D eigenvalue weighted by molar-refractivity contribution is -0.128. The Morgan fingerprint density at radius 3 is 2.86 bits per heavy atom. The van der Waals surface area contributed by atoms with Gasteiger partial charge < -0.3 is 10.0 Å². The highest BCUT2D eigenvalue weighted by Crippen LogP contribution is 2.29. The number of amides is 1.